The molecular formula is C26H44N2O2. The number of hydrogen-bond acceptors (Lipinski definition) is 4. The highest BCUT2D eigenvalue weighted by Crippen LogP contribution is 2.25. The smallest absolute Gasteiger partial charge is 0.0524 e. The second-order valence-corrected chi connectivity index (χ2v) is 9.69. The van der Waals surface area contributed by atoms with Gasteiger partial charge in [-0.3, -0.25) is 9.98 Å². The third-order valence-electron chi connectivity index (χ3n) is 5.00. The zero-order chi connectivity index (χ0) is 22.3. The zero-order valence-electron chi connectivity index (χ0n) is 20.2. The lowest BCUT2D eigenvalue weighted by Gasteiger charge is -2.22. The van der Waals surface area contributed by atoms with E-state index in [1.807, 2.05) is 18.5 Å². The molecule has 170 valence electrons. The molecule has 0 amide bonds. The SMILES string of the molecule is CCC(C)(C)CCCOCCCOCCC/N=C\c1cccc(/C=N/C(C)(C)C)c1. The van der Waals surface area contributed by atoms with Crippen LogP contribution < -0.4 is 0 Å². The van der Waals surface area contributed by atoms with Crippen molar-refractivity contribution in [1.82, 2.24) is 0 Å². The second-order valence-electron chi connectivity index (χ2n) is 9.69. The van der Waals surface area contributed by atoms with E-state index in [9.17, 15) is 0 Å². The minimum absolute atomic E-state index is 0.0535. The van der Waals surface area contributed by atoms with Crippen molar-refractivity contribution in [2.24, 2.45) is 15.4 Å². The van der Waals surface area contributed by atoms with Gasteiger partial charge in [-0.2, -0.15) is 0 Å². The zero-order valence-corrected chi connectivity index (χ0v) is 20.2. The number of rotatable bonds is 15. The predicted octanol–water partition coefficient (Wildman–Crippen LogP) is 6.35. The highest BCUT2D eigenvalue weighted by atomic mass is 16.5. The average Bonchev–Trinajstić information content (AvgIpc) is 2.69. The first-order valence-corrected chi connectivity index (χ1v) is 11.5. The minimum Gasteiger partial charge on any atom is -0.381 e. The molecule has 0 radical (unpaired) electrons. The number of aliphatic imine (C=N–C) groups is 2. The molecule has 1 aromatic carbocycles. The van der Waals surface area contributed by atoms with Crippen LogP contribution in [0.25, 0.3) is 0 Å². The fourth-order valence-electron chi connectivity index (χ4n) is 2.71. The third kappa shape index (κ3) is 14.5. The summed E-state index contributed by atoms with van der Waals surface area (Å²) < 4.78 is 11.4. The Balaban J connectivity index is 2.05. The van der Waals surface area contributed by atoms with Gasteiger partial charge in [-0.25, -0.2) is 0 Å². The molecule has 1 rings (SSSR count). The first kappa shape index (κ1) is 26.5. The van der Waals surface area contributed by atoms with Crippen LogP contribution in [0.5, 0.6) is 0 Å². The molecule has 0 N–H and O–H groups in total. The van der Waals surface area contributed by atoms with Crippen LogP contribution in [0.15, 0.2) is 34.3 Å². The van der Waals surface area contributed by atoms with Crippen LogP contribution in [-0.2, 0) is 9.47 Å². The molecule has 1 aromatic rings. The summed E-state index contributed by atoms with van der Waals surface area (Å²) in [5.41, 5.74) is 2.60. The lowest BCUT2D eigenvalue weighted by Crippen LogP contribution is -2.11. The fourth-order valence-corrected chi connectivity index (χ4v) is 2.71. The summed E-state index contributed by atoms with van der Waals surface area (Å²) in [6.45, 7) is 17.1. The monoisotopic (exact) mass is 416 g/mol. The maximum Gasteiger partial charge on any atom is 0.0524 e. The summed E-state index contributed by atoms with van der Waals surface area (Å²) in [5, 5.41) is 0. The Morgan fingerprint density at radius 3 is 2.07 bits per heavy atom. The quantitative estimate of drug-likeness (QED) is 0.247. The molecule has 0 aromatic heterocycles. The molecule has 0 bridgehead atoms. The van der Waals surface area contributed by atoms with Crippen molar-refractivity contribution in [1.29, 1.82) is 0 Å². The normalized spacial score (nSPS) is 13.0. The average molecular weight is 417 g/mol. The molecule has 0 unspecified atom stereocenters. The molecule has 0 aliphatic heterocycles. The van der Waals surface area contributed by atoms with Crippen LogP contribution in [0.3, 0.4) is 0 Å². The number of hydrogen-bond donors (Lipinski definition) is 0. The molecule has 30 heavy (non-hydrogen) atoms. The molecule has 0 spiro atoms. The van der Waals surface area contributed by atoms with Gasteiger partial charge in [0.25, 0.3) is 0 Å². The molecule has 0 saturated heterocycles. The van der Waals surface area contributed by atoms with Gasteiger partial charge in [-0.15, -0.1) is 0 Å². The largest absolute Gasteiger partial charge is 0.381 e. The number of benzene rings is 1. The molecule has 0 atom stereocenters. The summed E-state index contributed by atoms with van der Waals surface area (Å²) >= 11 is 0. The van der Waals surface area contributed by atoms with Gasteiger partial charge in [0.05, 0.1) is 5.54 Å². The van der Waals surface area contributed by atoms with Crippen molar-refractivity contribution >= 4 is 12.4 Å². The fraction of sp³-hybridized carbons (Fsp3) is 0.692. The Bertz CT molecular complexity index is 630. The summed E-state index contributed by atoms with van der Waals surface area (Å²) in [5.74, 6) is 0. The van der Waals surface area contributed by atoms with E-state index in [-0.39, 0.29) is 5.54 Å². The van der Waals surface area contributed by atoms with Crippen LogP contribution in [-0.4, -0.2) is 50.9 Å². The molecule has 0 aliphatic rings. The van der Waals surface area contributed by atoms with Crippen LogP contribution in [0.2, 0.25) is 0 Å². The van der Waals surface area contributed by atoms with Crippen molar-refractivity contribution in [3.63, 3.8) is 0 Å². The van der Waals surface area contributed by atoms with Gasteiger partial charge in [-0.1, -0.05) is 45.4 Å². The van der Waals surface area contributed by atoms with E-state index < -0.39 is 0 Å². The van der Waals surface area contributed by atoms with Gasteiger partial charge in [-0.05, 0) is 69.1 Å². The lowest BCUT2D eigenvalue weighted by atomic mass is 9.85. The Morgan fingerprint density at radius 2 is 1.43 bits per heavy atom. The predicted molar refractivity (Wildman–Crippen MR) is 130 cm³/mol. The second kappa shape index (κ2) is 14.5. The van der Waals surface area contributed by atoms with E-state index in [0.29, 0.717) is 5.41 Å². The van der Waals surface area contributed by atoms with Gasteiger partial charge < -0.3 is 9.47 Å². The summed E-state index contributed by atoms with van der Waals surface area (Å²) in [6, 6.07) is 8.29. The molecule has 0 fully saturated rings. The van der Waals surface area contributed by atoms with Crippen molar-refractivity contribution in [3.05, 3.63) is 35.4 Å². The Labute approximate surface area is 185 Å². The first-order chi connectivity index (χ1) is 14.2. The standard InChI is InChI=1S/C26H44N2O2/c1-7-26(5,6)14-9-16-29-18-11-19-30-17-10-15-27-21-23-12-8-13-24(20-23)22-28-25(2,3)4/h8,12-13,20-22H,7,9-11,14-19H2,1-6H3/b27-21-,28-22+. The molecule has 0 saturated carbocycles. The molecule has 0 aliphatic carbocycles. The first-order valence-electron chi connectivity index (χ1n) is 11.5. The molecule has 4 nitrogen and oxygen atoms in total. The van der Waals surface area contributed by atoms with Gasteiger partial charge in [0, 0.05) is 45.4 Å². The van der Waals surface area contributed by atoms with E-state index in [1.54, 1.807) is 0 Å². The Kier molecular flexibility index (Phi) is 12.8. The van der Waals surface area contributed by atoms with Gasteiger partial charge in [0.1, 0.15) is 0 Å². The number of ether oxygens (including phenoxy) is 2. The van der Waals surface area contributed by atoms with Crippen LogP contribution >= 0.6 is 0 Å². The van der Waals surface area contributed by atoms with Crippen molar-refractivity contribution in [2.75, 3.05) is 33.0 Å². The van der Waals surface area contributed by atoms with Crippen molar-refractivity contribution in [3.8, 4) is 0 Å². The van der Waals surface area contributed by atoms with Crippen molar-refractivity contribution < 1.29 is 9.47 Å². The lowest BCUT2D eigenvalue weighted by molar-refractivity contribution is 0.0774. The van der Waals surface area contributed by atoms with Crippen LogP contribution in [0.4, 0.5) is 0 Å². The van der Waals surface area contributed by atoms with E-state index in [1.165, 1.54) is 12.8 Å². The highest BCUT2D eigenvalue weighted by molar-refractivity contribution is 5.86. The highest BCUT2D eigenvalue weighted by Gasteiger charge is 2.13. The van der Waals surface area contributed by atoms with E-state index in [0.717, 1.165) is 63.4 Å². The maximum absolute atomic E-state index is 5.70. The third-order valence-corrected chi connectivity index (χ3v) is 5.00. The summed E-state index contributed by atoms with van der Waals surface area (Å²) in [6.07, 6.45) is 9.37. The molecular weight excluding hydrogens is 372 g/mol. The van der Waals surface area contributed by atoms with Gasteiger partial charge >= 0.3 is 0 Å². The van der Waals surface area contributed by atoms with Crippen LogP contribution in [0.1, 0.15) is 84.8 Å². The number of nitrogens with zero attached hydrogens (tertiary/aromatic N) is 2. The van der Waals surface area contributed by atoms with E-state index in [2.05, 4.69) is 69.7 Å². The van der Waals surface area contributed by atoms with Gasteiger partial charge in [0.15, 0.2) is 0 Å². The summed E-state index contributed by atoms with van der Waals surface area (Å²) in [7, 11) is 0. The Hall–Kier alpha value is -1.52. The topological polar surface area (TPSA) is 43.2 Å². The Morgan fingerprint density at radius 1 is 0.833 bits per heavy atom. The summed E-state index contributed by atoms with van der Waals surface area (Å²) in [4.78, 5) is 9.06. The maximum atomic E-state index is 5.70. The molecule has 0 heterocycles. The van der Waals surface area contributed by atoms with Gasteiger partial charge in [0.2, 0.25) is 0 Å². The van der Waals surface area contributed by atoms with Crippen molar-refractivity contribution in [2.45, 2.75) is 79.2 Å². The van der Waals surface area contributed by atoms with Crippen LogP contribution in [0, 0.1) is 5.41 Å². The minimum atomic E-state index is -0.0535. The van der Waals surface area contributed by atoms with E-state index in [4.69, 9.17) is 9.47 Å². The van der Waals surface area contributed by atoms with E-state index >= 15 is 0 Å². The molecule has 4 heteroatoms.